The number of phenols is 1. The van der Waals surface area contributed by atoms with E-state index in [4.69, 9.17) is 4.98 Å². The number of phenolic OH excluding ortho intramolecular Hbond substituents is 1. The highest BCUT2D eigenvalue weighted by atomic mass is 32.1. The molecule has 0 bridgehead atoms. The molecule has 5 aromatic rings. The molecule has 0 aliphatic rings. The molecule has 0 saturated carbocycles. The predicted octanol–water partition coefficient (Wildman–Crippen LogP) is 5.75. The standard InChI is InChI=1S/C23H17N3OS/c27-22-17(13-12-16-9-6-14-24-21(16)22)20(15-7-2-1-3-8-15)26-23-25-18-10-4-5-11-19(18)28-23/h1-14,20,27H,(H,25,26). The summed E-state index contributed by atoms with van der Waals surface area (Å²) in [6.45, 7) is 0. The third kappa shape index (κ3) is 2.96. The number of pyridine rings is 1. The van der Waals surface area contributed by atoms with Crippen molar-refractivity contribution in [3.8, 4) is 5.75 Å². The molecule has 2 heterocycles. The van der Waals surface area contributed by atoms with Gasteiger partial charge in [0.05, 0.1) is 16.3 Å². The number of benzene rings is 3. The minimum atomic E-state index is -0.242. The van der Waals surface area contributed by atoms with Gasteiger partial charge in [0, 0.05) is 17.1 Å². The number of aromatic hydroxyl groups is 1. The number of anilines is 1. The van der Waals surface area contributed by atoms with Gasteiger partial charge in [-0.2, -0.15) is 0 Å². The van der Waals surface area contributed by atoms with E-state index in [1.165, 1.54) is 0 Å². The first-order valence-corrected chi connectivity index (χ1v) is 9.85. The fourth-order valence-electron chi connectivity index (χ4n) is 3.42. The molecule has 28 heavy (non-hydrogen) atoms. The van der Waals surface area contributed by atoms with E-state index in [1.54, 1.807) is 17.5 Å². The number of para-hydroxylation sites is 1. The Hall–Kier alpha value is -3.44. The Morgan fingerprint density at radius 3 is 2.54 bits per heavy atom. The Kier molecular flexibility index (Phi) is 4.14. The van der Waals surface area contributed by atoms with Crippen LogP contribution in [0.15, 0.2) is 85.1 Å². The molecule has 0 aliphatic heterocycles. The van der Waals surface area contributed by atoms with Crippen molar-refractivity contribution in [2.24, 2.45) is 0 Å². The summed E-state index contributed by atoms with van der Waals surface area (Å²) in [5.41, 5.74) is 3.39. The van der Waals surface area contributed by atoms with Gasteiger partial charge >= 0.3 is 0 Å². The van der Waals surface area contributed by atoms with Gasteiger partial charge in [-0.3, -0.25) is 4.98 Å². The van der Waals surface area contributed by atoms with Gasteiger partial charge in [0.2, 0.25) is 0 Å². The maximum absolute atomic E-state index is 11.0. The zero-order valence-corrected chi connectivity index (χ0v) is 15.7. The van der Waals surface area contributed by atoms with Gasteiger partial charge in [0.25, 0.3) is 0 Å². The molecule has 1 unspecified atom stereocenters. The predicted molar refractivity (Wildman–Crippen MR) is 115 cm³/mol. The van der Waals surface area contributed by atoms with Gasteiger partial charge in [-0.25, -0.2) is 4.98 Å². The van der Waals surface area contributed by atoms with Crippen LogP contribution < -0.4 is 5.32 Å². The van der Waals surface area contributed by atoms with E-state index in [9.17, 15) is 5.11 Å². The summed E-state index contributed by atoms with van der Waals surface area (Å²) in [5, 5.41) is 16.2. The second kappa shape index (κ2) is 6.94. The topological polar surface area (TPSA) is 58.0 Å². The number of aromatic nitrogens is 2. The van der Waals surface area contributed by atoms with E-state index < -0.39 is 0 Å². The smallest absolute Gasteiger partial charge is 0.184 e. The first-order chi connectivity index (χ1) is 13.8. The normalized spacial score (nSPS) is 12.3. The lowest BCUT2D eigenvalue weighted by atomic mass is 9.96. The molecule has 0 spiro atoms. The molecule has 2 aromatic heterocycles. The lowest BCUT2D eigenvalue weighted by Gasteiger charge is -2.21. The van der Waals surface area contributed by atoms with Crippen LogP contribution in [0.25, 0.3) is 21.1 Å². The van der Waals surface area contributed by atoms with Crippen molar-refractivity contribution in [3.05, 3.63) is 96.2 Å². The maximum Gasteiger partial charge on any atom is 0.184 e. The van der Waals surface area contributed by atoms with Gasteiger partial charge in [0.15, 0.2) is 5.13 Å². The number of hydrogen-bond acceptors (Lipinski definition) is 5. The van der Waals surface area contributed by atoms with E-state index in [2.05, 4.69) is 16.4 Å². The van der Waals surface area contributed by atoms with Gasteiger partial charge in [-0.1, -0.05) is 72.0 Å². The molecular formula is C23H17N3OS. The minimum Gasteiger partial charge on any atom is -0.505 e. The van der Waals surface area contributed by atoms with Crippen molar-refractivity contribution in [2.45, 2.75) is 6.04 Å². The van der Waals surface area contributed by atoms with Crippen LogP contribution in [0.4, 0.5) is 5.13 Å². The molecule has 2 N–H and O–H groups in total. The fraction of sp³-hybridized carbons (Fsp3) is 0.0435. The van der Waals surface area contributed by atoms with Crippen molar-refractivity contribution >= 4 is 37.6 Å². The average molecular weight is 383 g/mol. The zero-order valence-electron chi connectivity index (χ0n) is 14.9. The number of nitrogens with one attached hydrogen (secondary N) is 1. The summed E-state index contributed by atoms with van der Waals surface area (Å²) >= 11 is 1.60. The summed E-state index contributed by atoms with van der Waals surface area (Å²) in [7, 11) is 0. The lowest BCUT2D eigenvalue weighted by Crippen LogP contribution is -2.12. The highest BCUT2D eigenvalue weighted by molar-refractivity contribution is 7.22. The monoisotopic (exact) mass is 383 g/mol. The van der Waals surface area contributed by atoms with Gasteiger partial charge < -0.3 is 10.4 Å². The van der Waals surface area contributed by atoms with Crippen LogP contribution in [0, 0.1) is 0 Å². The number of nitrogens with zero attached hydrogens (tertiary/aromatic N) is 2. The summed E-state index contributed by atoms with van der Waals surface area (Å²) < 4.78 is 1.13. The number of fused-ring (bicyclic) bond motifs is 2. The molecule has 5 heteroatoms. The molecule has 4 nitrogen and oxygen atoms in total. The first kappa shape index (κ1) is 16.7. The molecule has 1 atom stereocenters. The second-order valence-corrected chi connectivity index (χ2v) is 7.58. The van der Waals surface area contributed by atoms with E-state index in [1.807, 2.05) is 72.8 Å². The Labute approximate surface area is 166 Å². The highest BCUT2D eigenvalue weighted by Gasteiger charge is 2.21. The third-order valence-corrected chi connectivity index (χ3v) is 5.75. The van der Waals surface area contributed by atoms with Crippen LogP contribution in [-0.2, 0) is 0 Å². The quantitative estimate of drug-likeness (QED) is 0.415. The molecule has 0 amide bonds. The van der Waals surface area contributed by atoms with Crippen molar-refractivity contribution in [1.82, 2.24) is 9.97 Å². The average Bonchev–Trinajstić information content (AvgIpc) is 3.16. The molecule has 5 rings (SSSR count). The third-order valence-electron chi connectivity index (χ3n) is 4.78. The van der Waals surface area contributed by atoms with Crippen LogP contribution >= 0.6 is 11.3 Å². The fourth-order valence-corrected chi connectivity index (χ4v) is 4.32. The van der Waals surface area contributed by atoms with Gasteiger partial charge in [0.1, 0.15) is 11.3 Å². The summed E-state index contributed by atoms with van der Waals surface area (Å²) in [4.78, 5) is 9.07. The van der Waals surface area contributed by atoms with Crippen LogP contribution in [0.2, 0.25) is 0 Å². The number of hydrogen-bond donors (Lipinski definition) is 2. The minimum absolute atomic E-state index is 0.195. The van der Waals surface area contributed by atoms with Crippen LogP contribution in [-0.4, -0.2) is 15.1 Å². The lowest BCUT2D eigenvalue weighted by molar-refractivity contribution is 0.472. The van der Waals surface area contributed by atoms with Crippen molar-refractivity contribution in [2.75, 3.05) is 5.32 Å². The Bertz CT molecular complexity index is 1230. The van der Waals surface area contributed by atoms with Crippen molar-refractivity contribution < 1.29 is 5.11 Å². The summed E-state index contributed by atoms with van der Waals surface area (Å²) in [5.74, 6) is 0.195. The van der Waals surface area contributed by atoms with Gasteiger partial charge in [-0.15, -0.1) is 0 Å². The number of rotatable bonds is 4. The van der Waals surface area contributed by atoms with E-state index in [0.29, 0.717) is 5.52 Å². The molecule has 3 aromatic carbocycles. The molecule has 0 radical (unpaired) electrons. The van der Waals surface area contributed by atoms with Crippen LogP contribution in [0.1, 0.15) is 17.2 Å². The van der Waals surface area contributed by atoms with E-state index in [0.717, 1.165) is 31.9 Å². The van der Waals surface area contributed by atoms with Crippen LogP contribution in [0.3, 0.4) is 0 Å². The largest absolute Gasteiger partial charge is 0.505 e. The molecule has 136 valence electrons. The SMILES string of the molecule is Oc1c(C(Nc2nc3ccccc3s2)c2ccccc2)ccc2cccnc12. The summed E-state index contributed by atoms with van der Waals surface area (Å²) in [6.07, 6.45) is 1.70. The molecular weight excluding hydrogens is 366 g/mol. The maximum atomic E-state index is 11.0. The molecule has 0 aliphatic carbocycles. The van der Waals surface area contributed by atoms with Crippen molar-refractivity contribution in [1.29, 1.82) is 0 Å². The Morgan fingerprint density at radius 1 is 0.857 bits per heavy atom. The number of thiazole rings is 1. The molecule has 0 fully saturated rings. The zero-order chi connectivity index (χ0) is 18.9. The Balaban J connectivity index is 1.64. The summed E-state index contributed by atoms with van der Waals surface area (Å²) in [6, 6.07) is 25.7. The molecule has 0 saturated heterocycles. The van der Waals surface area contributed by atoms with Crippen molar-refractivity contribution in [3.63, 3.8) is 0 Å². The van der Waals surface area contributed by atoms with Crippen LogP contribution in [0.5, 0.6) is 5.75 Å². The highest BCUT2D eigenvalue weighted by Crippen LogP contribution is 2.37. The van der Waals surface area contributed by atoms with E-state index in [-0.39, 0.29) is 11.8 Å². The van der Waals surface area contributed by atoms with E-state index >= 15 is 0 Å². The second-order valence-electron chi connectivity index (χ2n) is 6.55. The van der Waals surface area contributed by atoms with Gasteiger partial charge in [-0.05, 0) is 23.8 Å². The Morgan fingerprint density at radius 2 is 1.68 bits per heavy atom. The first-order valence-electron chi connectivity index (χ1n) is 9.03.